The molecule has 1 aromatic rings. The standard InChI is InChI=1S/C17H28N2O2S/c1-13(2)4-5-15-6-8-17(9-7-15)22(20,21)19-16-10-11-18-14(3)12-16/h6-9,13-14,16,18-19H,4-5,10-12H2,1-3H3. The molecule has 22 heavy (non-hydrogen) atoms. The molecule has 124 valence electrons. The van der Waals surface area contributed by atoms with Crippen molar-refractivity contribution >= 4 is 10.0 Å². The van der Waals surface area contributed by atoms with Crippen LogP contribution in [0.25, 0.3) is 0 Å². The third-order valence-corrected chi connectivity index (χ3v) is 5.73. The molecule has 5 heteroatoms. The van der Waals surface area contributed by atoms with Gasteiger partial charge < -0.3 is 5.32 Å². The van der Waals surface area contributed by atoms with Crippen molar-refractivity contribution in [2.24, 2.45) is 5.92 Å². The van der Waals surface area contributed by atoms with E-state index in [2.05, 4.69) is 30.8 Å². The summed E-state index contributed by atoms with van der Waals surface area (Å²) >= 11 is 0. The summed E-state index contributed by atoms with van der Waals surface area (Å²) in [5.74, 6) is 0.659. The van der Waals surface area contributed by atoms with Crippen molar-refractivity contribution in [3.63, 3.8) is 0 Å². The lowest BCUT2D eigenvalue weighted by Gasteiger charge is -2.28. The van der Waals surface area contributed by atoms with Crippen molar-refractivity contribution in [3.05, 3.63) is 29.8 Å². The zero-order chi connectivity index (χ0) is 16.2. The van der Waals surface area contributed by atoms with Gasteiger partial charge in [-0.15, -0.1) is 0 Å². The van der Waals surface area contributed by atoms with Crippen LogP contribution in [0.3, 0.4) is 0 Å². The van der Waals surface area contributed by atoms with E-state index in [4.69, 9.17) is 0 Å². The van der Waals surface area contributed by atoms with E-state index in [-0.39, 0.29) is 6.04 Å². The van der Waals surface area contributed by atoms with E-state index in [1.165, 1.54) is 5.56 Å². The summed E-state index contributed by atoms with van der Waals surface area (Å²) in [4.78, 5) is 0.368. The van der Waals surface area contributed by atoms with Gasteiger partial charge in [0.25, 0.3) is 0 Å². The summed E-state index contributed by atoms with van der Waals surface area (Å²) in [7, 11) is -3.41. The highest BCUT2D eigenvalue weighted by Crippen LogP contribution is 2.16. The molecular weight excluding hydrogens is 296 g/mol. The van der Waals surface area contributed by atoms with Gasteiger partial charge in [0, 0.05) is 12.1 Å². The summed E-state index contributed by atoms with van der Waals surface area (Å²) in [6, 6.07) is 7.70. The van der Waals surface area contributed by atoms with Crippen LogP contribution in [0, 0.1) is 5.92 Å². The number of rotatable bonds is 6. The molecule has 0 radical (unpaired) electrons. The second kappa shape index (κ2) is 7.57. The Morgan fingerprint density at radius 3 is 2.55 bits per heavy atom. The topological polar surface area (TPSA) is 58.2 Å². The largest absolute Gasteiger partial charge is 0.314 e. The van der Waals surface area contributed by atoms with Gasteiger partial charge in [-0.2, -0.15) is 0 Å². The Bertz CT molecular complexity index is 567. The van der Waals surface area contributed by atoms with Crippen molar-refractivity contribution < 1.29 is 8.42 Å². The fraction of sp³-hybridized carbons (Fsp3) is 0.647. The fourth-order valence-corrected chi connectivity index (χ4v) is 4.10. The minimum absolute atomic E-state index is 0.0295. The molecule has 2 rings (SSSR count). The Morgan fingerprint density at radius 2 is 1.95 bits per heavy atom. The van der Waals surface area contributed by atoms with Gasteiger partial charge in [0.2, 0.25) is 10.0 Å². The Labute approximate surface area is 134 Å². The minimum Gasteiger partial charge on any atom is -0.314 e. The zero-order valence-corrected chi connectivity index (χ0v) is 14.6. The Balaban J connectivity index is 1.99. The molecule has 2 N–H and O–H groups in total. The normalized spacial score (nSPS) is 22.9. The summed E-state index contributed by atoms with van der Waals surface area (Å²) in [6.07, 6.45) is 3.80. The van der Waals surface area contributed by atoms with E-state index in [9.17, 15) is 8.42 Å². The highest BCUT2D eigenvalue weighted by atomic mass is 32.2. The highest BCUT2D eigenvalue weighted by Gasteiger charge is 2.24. The van der Waals surface area contributed by atoms with Crippen molar-refractivity contribution in [2.75, 3.05) is 6.54 Å². The van der Waals surface area contributed by atoms with Gasteiger partial charge in [-0.1, -0.05) is 26.0 Å². The summed E-state index contributed by atoms with van der Waals surface area (Å²) in [6.45, 7) is 7.35. The quantitative estimate of drug-likeness (QED) is 0.846. The van der Waals surface area contributed by atoms with Crippen molar-refractivity contribution in [2.45, 2.75) is 63.4 Å². The number of hydrogen-bond acceptors (Lipinski definition) is 3. The van der Waals surface area contributed by atoms with Crippen LogP contribution in [0.15, 0.2) is 29.2 Å². The SMILES string of the molecule is CC(C)CCc1ccc(S(=O)(=O)NC2CCNC(C)C2)cc1. The molecule has 1 aliphatic rings. The van der Waals surface area contributed by atoms with Gasteiger partial charge in [0.05, 0.1) is 4.90 Å². The van der Waals surface area contributed by atoms with Crippen LogP contribution < -0.4 is 10.0 Å². The first kappa shape index (κ1) is 17.4. The molecule has 1 aromatic carbocycles. The van der Waals surface area contributed by atoms with Crippen molar-refractivity contribution in [1.29, 1.82) is 0 Å². The number of hydrogen-bond donors (Lipinski definition) is 2. The molecule has 4 nitrogen and oxygen atoms in total. The van der Waals surface area contributed by atoms with Crippen LogP contribution in [0.5, 0.6) is 0 Å². The molecule has 2 unspecified atom stereocenters. The molecule has 1 heterocycles. The van der Waals surface area contributed by atoms with Gasteiger partial charge >= 0.3 is 0 Å². The number of sulfonamides is 1. The molecular formula is C17H28N2O2S. The molecule has 0 bridgehead atoms. The van der Waals surface area contributed by atoms with Crippen LogP contribution >= 0.6 is 0 Å². The smallest absolute Gasteiger partial charge is 0.240 e. The second-order valence-corrected chi connectivity index (χ2v) is 8.49. The Hall–Kier alpha value is -0.910. The molecule has 1 aliphatic heterocycles. The van der Waals surface area contributed by atoms with E-state index >= 15 is 0 Å². The first-order chi connectivity index (χ1) is 10.4. The molecule has 0 aromatic heterocycles. The van der Waals surface area contributed by atoms with E-state index in [1.54, 1.807) is 12.1 Å². The van der Waals surface area contributed by atoms with E-state index < -0.39 is 10.0 Å². The first-order valence-corrected chi connectivity index (χ1v) is 9.70. The zero-order valence-electron chi connectivity index (χ0n) is 13.8. The lowest BCUT2D eigenvalue weighted by Crippen LogP contribution is -2.46. The third kappa shape index (κ3) is 5.07. The van der Waals surface area contributed by atoms with E-state index in [0.29, 0.717) is 16.9 Å². The maximum absolute atomic E-state index is 12.5. The fourth-order valence-electron chi connectivity index (χ4n) is 2.82. The van der Waals surface area contributed by atoms with Gasteiger partial charge in [-0.25, -0.2) is 13.1 Å². The summed E-state index contributed by atoms with van der Waals surface area (Å²) in [5, 5.41) is 3.33. The van der Waals surface area contributed by atoms with Crippen molar-refractivity contribution in [1.82, 2.24) is 10.0 Å². The lowest BCUT2D eigenvalue weighted by molar-refractivity contribution is 0.361. The molecule has 0 spiro atoms. The van der Waals surface area contributed by atoms with Crippen LogP contribution in [-0.4, -0.2) is 27.0 Å². The predicted octanol–water partition coefficient (Wildman–Crippen LogP) is 2.69. The Kier molecular flexibility index (Phi) is 6.01. The number of nitrogens with one attached hydrogen (secondary N) is 2. The maximum Gasteiger partial charge on any atom is 0.240 e. The predicted molar refractivity (Wildman–Crippen MR) is 90.4 cm³/mol. The van der Waals surface area contributed by atoms with Crippen LogP contribution in [0.2, 0.25) is 0 Å². The van der Waals surface area contributed by atoms with Crippen LogP contribution in [0.4, 0.5) is 0 Å². The van der Waals surface area contributed by atoms with Crippen LogP contribution in [-0.2, 0) is 16.4 Å². The average Bonchev–Trinajstić information content (AvgIpc) is 2.45. The monoisotopic (exact) mass is 324 g/mol. The number of benzene rings is 1. The van der Waals surface area contributed by atoms with Crippen molar-refractivity contribution in [3.8, 4) is 0 Å². The molecule has 1 fully saturated rings. The third-order valence-electron chi connectivity index (χ3n) is 4.19. The highest BCUT2D eigenvalue weighted by molar-refractivity contribution is 7.89. The second-order valence-electron chi connectivity index (χ2n) is 6.77. The molecule has 0 aliphatic carbocycles. The number of aryl methyl sites for hydroxylation is 1. The maximum atomic E-state index is 12.5. The van der Waals surface area contributed by atoms with Gasteiger partial charge in [0.15, 0.2) is 0 Å². The van der Waals surface area contributed by atoms with Gasteiger partial charge in [0.1, 0.15) is 0 Å². The molecule has 1 saturated heterocycles. The molecule has 0 saturated carbocycles. The summed E-state index contributed by atoms with van der Waals surface area (Å²) < 4.78 is 27.7. The van der Waals surface area contributed by atoms with Crippen LogP contribution in [0.1, 0.15) is 45.6 Å². The molecule has 0 amide bonds. The lowest BCUT2D eigenvalue weighted by atomic mass is 10.0. The summed E-state index contributed by atoms with van der Waals surface area (Å²) in [5.41, 5.74) is 1.20. The Morgan fingerprint density at radius 1 is 1.27 bits per heavy atom. The average molecular weight is 324 g/mol. The van der Waals surface area contributed by atoms with Gasteiger partial charge in [-0.05, 0) is 62.8 Å². The molecule has 2 atom stereocenters. The van der Waals surface area contributed by atoms with E-state index in [1.807, 2.05) is 12.1 Å². The van der Waals surface area contributed by atoms with Gasteiger partial charge in [-0.3, -0.25) is 0 Å². The first-order valence-electron chi connectivity index (χ1n) is 8.21. The van der Waals surface area contributed by atoms with E-state index in [0.717, 1.165) is 32.2 Å². The minimum atomic E-state index is -3.41. The number of piperidine rings is 1.